The second kappa shape index (κ2) is 5.38. The quantitative estimate of drug-likeness (QED) is 0.820. The number of ether oxygens (including phenoxy) is 1. The molecule has 1 N–H and O–H groups in total. The maximum Gasteiger partial charge on any atom is 0.307 e. The minimum absolute atomic E-state index is 0.0715. The Morgan fingerprint density at radius 2 is 2.00 bits per heavy atom. The van der Waals surface area contributed by atoms with Crippen LogP contribution in [0.3, 0.4) is 0 Å². The van der Waals surface area contributed by atoms with E-state index in [4.69, 9.17) is 9.84 Å². The summed E-state index contributed by atoms with van der Waals surface area (Å²) >= 11 is 0. The second-order valence-corrected chi connectivity index (χ2v) is 7.79. The van der Waals surface area contributed by atoms with Crippen LogP contribution in [0.4, 0.5) is 0 Å². The summed E-state index contributed by atoms with van der Waals surface area (Å²) in [5.41, 5.74) is 0. The maximum atomic E-state index is 12.6. The molecule has 0 aromatic rings. The Balaban J connectivity index is 2.17. The van der Waals surface area contributed by atoms with Crippen molar-refractivity contribution < 1.29 is 23.1 Å². The summed E-state index contributed by atoms with van der Waals surface area (Å²) in [6, 6.07) is 0. The van der Waals surface area contributed by atoms with Crippen LogP contribution in [-0.4, -0.2) is 54.8 Å². The van der Waals surface area contributed by atoms with E-state index in [0.29, 0.717) is 26.0 Å². The molecular formula is C12H21NO5S. The maximum absolute atomic E-state index is 12.6. The van der Waals surface area contributed by atoms with Crippen molar-refractivity contribution in [3.05, 3.63) is 0 Å². The molecule has 0 saturated carbocycles. The Morgan fingerprint density at radius 3 is 2.53 bits per heavy atom. The van der Waals surface area contributed by atoms with E-state index >= 15 is 0 Å². The Kier molecular flexibility index (Phi) is 4.17. The zero-order chi connectivity index (χ0) is 14.2. The van der Waals surface area contributed by atoms with E-state index in [9.17, 15) is 13.2 Å². The fraction of sp³-hybridized carbons (Fsp3) is 0.917. The van der Waals surface area contributed by atoms with Gasteiger partial charge in [-0.1, -0.05) is 6.92 Å². The summed E-state index contributed by atoms with van der Waals surface area (Å²) in [6.45, 7) is 4.61. The summed E-state index contributed by atoms with van der Waals surface area (Å²) in [6.07, 6.45) is 0.718. The number of hydrogen-bond acceptors (Lipinski definition) is 4. The van der Waals surface area contributed by atoms with Crippen molar-refractivity contribution in [3.8, 4) is 0 Å². The topological polar surface area (TPSA) is 83.9 Å². The number of hydrogen-bond donors (Lipinski definition) is 1. The average Bonchev–Trinajstić information content (AvgIpc) is 2.75. The van der Waals surface area contributed by atoms with Gasteiger partial charge in [-0.05, 0) is 25.7 Å². The number of sulfonamides is 1. The number of aliphatic carboxylic acids is 1. The summed E-state index contributed by atoms with van der Waals surface area (Å²) in [5.74, 6) is -1.44. The molecule has 6 nitrogen and oxygen atoms in total. The smallest absolute Gasteiger partial charge is 0.307 e. The van der Waals surface area contributed by atoms with Crippen LogP contribution in [-0.2, 0) is 19.6 Å². The van der Waals surface area contributed by atoms with Crippen molar-refractivity contribution in [2.75, 3.05) is 19.7 Å². The lowest BCUT2D eigenvalue weighted by Crippen LogP contribution is -2.49. The lowest BCUT2D eigenvalue weighted by atomic mass is 9.92. The van der Waals surface area contributed by atoms with Gasteiger partial charge in [-0.2, -0.15) is 0 Å². The molecule has 0 aromatic heterocycles. The molecule has 0 aliphatic carbocycles. The Hall–Kier alpha value is -0.660. The summed E-state index contributed by atoms with van der Waals surface area (Å²) in [4.78, 5) is 11.1. The third kappa shape index (κ3) is 2.93. The van der Waals surface area contributed by atoms with Crippen molar-refractivity contribution in [2.45, 2.75) is 38.0 Å². The monoisotopic (exact) mass is 291 g/mol. The van der Waals surface area contributed by atoms with Crippen LogP contribution < -0.4 is 0 Å². The number of carbonyl (C=O) groups is 1. The average molecular weight is 291 g/mol. The largest absolute Gasteiger partial charge is 0.481 e. The van der Waals surface area contributed by atoms with Crippen molar-refractivity contribution in [2.24, 2.45) is 11.8 Å². The van der Waals surface area contributed by atoms with Gasteiger partial charge in [0.2, 0.25) is 10.0 Å². The third-order valence-electron chi connectivity index (χ3n) is 4.02. The van der Waals surface area contributed by atoms with Crippen molar-refractivity contribution in [3.63, 3.8) is 0 Å². The van der Waals surface area contributed by atoms with E-state index in [2.05, 4.69) is 0 Å². The van der Waals surface area contributed by atoms with E-state index in [-0.39, 0.29) is 18.6 Å². The molecule has 0 spiro atoms. The first-order valence-electron chi connectivity index (χ1n) is 6.65. The normalized spacial score (nSPS) is 37.4. The number of carboxylic acids is 1. The highest BCUT2D eigenvalue weighted by Gasteiger charge is 2.43. The molecule has 7 heteroatoms. The second-order valence-electron chi connectivity index (χ2n) is 5.64. The van der Waals surface area contributed by atoms with E-state index in [1.54, 1.807) is 6.92 Å². The first kappa shape index (κ1) is 14.7. The molecule has 2 aliphatic heterocycles. The summed E-state index contributed by atoms with van der Waals surface area (Å²) < 4.78 is 31.8. The molecule has 0 radical (unpaired) electrons. The molecule has 2 saturated heterocycles. The lowest BCUT2D eigenvalue weighted by molar-refractivity contribution is -0.143. The summed E-state index contributed by atoms with van der Waals surface area (Å²) in [5, 5.41) is 8.58. The van der Waals surface area contributed by atoms with Gasteiger partial charge in [-0.25, -0.2) is 12.7 Å². The van der Waals surface area contributed by atoms with E-state index in [1.165, 1.54) is 4.31 Å². The van der Waals surface area contributed by atoms with Crippen molar-refractivity contribution in [1.82, 2.24) is 4.31 Å². The summed E-state index contributed by atoms with van der Waals surface area (Å²) in [7, 11) is -3.47. The lowest BCUT2D eigenvalue weighted by Gasteiger charge is -2.35. The van der Waals surface area contributed by atoms with Gasteiger partial charge in [0, 0.05) is 19.7 Å². The minimum atomic E-state index is -3.47. The van der Waals surface area contributed by atoms with Crippen LogP contribution in [0, 0.1) is 11.8 Å². The minimum Gasteiger partial charge on any atom is -0.481 e. The van der Waals surface area contributed by atoms with Gasteiger partial charge in [0.05, 0.1) is 12.0 Å². The SMILES string of the molecule is CC1CC(C(=O)O)CN(S(=O)(=O)C2CCOC2C)C1. The van der Waals surface area contributed by atoms with E-state index in [0.717, 1.165) is 0 Å². The van der Waals surface area contributed by atoms with Crippen LogP contribution in [0.15, 0.2) is 0 Å². The number of piperidine rings is 1. The molecule has 0 aromatic carbocycles. The van der Waals surface area contributed by atoms with Gasteiger partial charge >= 0.3 is 5.97 Å². The van der Waals surface area contributed by atoms with Crippen LogP contribution in [0.25, 0.3) is 0 Å². The van der Waals surface area contributed by atoms with Crippen LogP contribution in [0.5, 0.6) is 0 Å². The highest BCUT2D eigenvalue weighted by atomic mass is 32.2. The van der Waals surface area contributed by atoms with Crippen molar-refractivity contribution in [1.29, 1.82) is 0 Å². The highest BCUT2D eigenvalue weighted by molar-refractivity contribution is 7.89. The van der Waals surface area contributed by atoms with Gasteiger partial charge in [0.25, 0.3) is 0 Å². The standard InChI is InChI=1S/C12H21NO5S/c1-8-5-10(12(14)15)7-13(6-8)19(16,17)11-3-4-18-9(11)2/h8-11H,3-7H2,1-2H3,(H,14,15). The predicted octanol–water partition coefficient (Wildman–Crippen LogP) is 0.536. The van der Waals surface area contributed by atoms with Gasteiger partial charge in [-0.3, -0.25) is 4.79 Å². The molecule has 0 bridgehead atoms. The van der Waals surface area contributed by atoms with Gasteiger partial charge in [0.15, 0.2) is 0 Å². The zero-order valence-corrected chi connectivity index (χ0v) is 12.1. The molecule has 19 heavy (non-hydrogen) atoms. The van der Waals surface area contributed by atoms with Crippen LogP contribution >= 0.6 is 0 Å². The Morgan fingerprint density at radius 1 is 1.32 bits per heavy atom. The van der Waals surface area contributed by atoms with Gasteiger partial charge in [0.1, 0.15) is 5.25 Å². The number of rotatable bonds is 3. The molecule has 110 valence electrons. The van der Waals surface area contributed by atoms with Crippen molar-refractivity contribution >= 4 is 16.0 Å². The fourth-order valence-corrected chi connectivity index (χ4v) is 5.17. The van der Waals surface area contributed by atoms with E-state index < -0.39 is 27.2 Å². The van der Waals surface area contributed by atoms with Crippen LogP contribution in [0.1, 0.15) is 26.7 Å². The predicted molar refractivity (Wildman–Crippen MR) is 69.2 cm³/mol. The fourth-order valence-electron chi connectivity index (χ4n) is 2.98. The molecule has 2 fully saturated rings. The van der Waals surface area contributed by atoms with Gasteiger partial charge < -0.3 is 9.84 Å². The molecule has 4 atom stereocenters. The zero-order valence-electron chi connectivity index (χ0n) is 11.3. The molecular weight excluding hydrogens is 270 g/mol. The Bertz CT molecular complexity index is 449. The highest BCUT2D eigenvalue weighted by Crippen LogP contribution is 2.29. The number of nitrogens with zero attached hydrogens (tertiary/aromatic N) is 1. The molecule has 2 rings (SSSR count). The Labute approximate surface area is 113 Å². The molecule has 2 heterocycles. The van der Waals surface area contributed by atoms with E-state index in [1.807, 2.05) is 6.92 Å². The molecule has 2 aliphatic rings. The molecule has 4 unspecified atom stereocenters. The first-order valence-corrected chi connectivity index (χ1v) is 8.16. The third-order valence-corrected chi connectivity index (χ3v) is 6.43. The number of carboxylic acid groups (broad SMARTS) is 1. The molecule has 0 amide bonds. The first-order chi connectivity index (χ1) is 8.82. The van der Waals surface area contributed by atoms with Gasteiger partial charge in [-0.15, -0.1) is 0 Å². The van der Waals surface area contributed by atoms with Crippen LogP contribution in [0.2, 0.25) is 0 Å².